The second-order valence-electron chi connectivity index (χ2n) is 6.76. The highest BCUT2D eigenvalue weighted by atomic mass is 19.2. The molecule has 0 atom stereocenters. The summed E-state index contributed by atoms with van der Waals surface area (Å²) in [6.07, 6.45) is 2.08. The van der Waals surface area contributed by atoms with Gasteiger partial charge < -0.3 is 9.32 Å². The van der Waals surface area contributed by atoms with Crippen LogP contribution in [0.2, 0.25) is 0 Å². The highest BCUT2D eigenvalue weighted by molar-refractivity contribution is 6.51. The molecular formula is C19H16F3N3O3. The van der Waals surface area contributed by atoms with Crippen molar-refractivity contribution in [3.63, 3.8) is 0 Å². The number of rotatable bonds is 4. The molecule has 0 radical (unpaired) electrons. The van der Waals surface area contributed by atoms with E-state index in [-0.39, 0.29) is 35.0 Å². The molecule has 146 valence electrons. The molecular weight excluding hydrogens is 375 g/mol. The lowest BCUT2D eigenvalue weighted by molar-refractivity contribution is 0.0949. The van der Waals surface area contributed by atoms with Gasteiger partial charge in [-0.1, -0.05) is 0 Å². The lowest BCUT2D eigenvalue weighted by atomic mass is 9.97. The second kappa shape index (κ2) is 7.31. The quantitative estimate of drug-likeness (QED) is 0.749. The summed E-state index contributed by atoms with van der Waals surface area (Å²) >= 11 is 0. The third kappa shape index (κ3) is 3.37. The number of hydrogen-bond acceptors (Lipinski definition) is 6. The SMILES string of the molecule is O=C1CC(=NCCN2CCCC2)C(=O)c2oc(-c3cc(F)c(F)c(F)c3)nc21. The molecule has 4 rings (SSSR count). The fourth-order valence-corrected chi connectivity index (χ4v) is 3.37. The molecule has 0 N–H and O–H groups in total. The van der Waals surface area contributed by atoms with Gasteiger partial charge in [0.2, 0.25) is 17.4 Å². The maximum atomic E-state index is 13.5. The molecule has 2 heterocycles. The summed E-state index contributed by atoms with van der Waals surface area (Å²) in [5.41, 5.74) is -0.335. The average molecular weight is 391 g/mol. The van der Waals surface area contributed by atoms with Crippen LogP contribution in [-0.4, -0.2) is 53.3 Å². The molecule has 1 saturated heterocycles. The maximum Gasteiger partial charge on any atom is 0.244 e. The highest BCUT2D eigenvalue weighted by Crippen LogP contribution is 2.28. The number of Topliss-reactive ketones (excluding diaryl/α,β-unsaturated/α-hetero) is 2. The van der Waals surface area contributed by atoms with Crippen molar-refractivity contribution in [1.29, 1.82) is 0 Å². The summed E-state index contributed by atoms with van der Waals surface area (Å²) in [5, 5.41) is 0. The van der Waals surface area contributed by atoms with Gasteiger partial charge >= 0.3 is 0 Å². The number of carbonyl (C=O) groups is 2. The lowest BCUT2D eigenvalue weighted by Gasteiger charge is -2.13. The van der Waals surface area contributed by atoms with Crippen molar-refractivity contribution in [2.24, 2.45) is 4.99 Å². The van der Waals surface area contributed by atoms with Crippen LogP contribution in [0.25, 0.3) is 11.5 Å². The van der Waals surface area contributed by atoms with Gasteiger partial charge in [-0.15, -0.1) is 0 Å². The zero-order valence-electron chi connectivity index (χ0n) is 14.8. The number of oxazole rings is 1. The molecule has 0 bridgehead atoms. The van der Waals surface area contributed by atoms with Gasteiger partial charge in [-0.25, -0.2) is 18.2 Å². The van der Waals surface area contributed by atoms with E-state index in [0.29, 0.717) is 25.2 Å². The maximum absolute atomic E-state index is 13.5. The Kier molecular flexibility index (Phi) is 4.84. The Hall–Kier alpha value is -2.81. The fraction of sp³-hybridized carbons (Fsp3) is 0.368. The summed E-state index contributed by atoms with van der Waals surface area (Å²) in [4.78, 5) is 35.3. The van der Waals surface area contributed by atoms with Gasteiger partial charge in [0.1, 0.15) is 0 Å². The van der Waals surface area contributed by atoms with Gasteiger partial charge in [0.25, 0.3) is 0 Å². The van der Waals surface area contributed by atoms with Crippen molar-refractivity contribution in [2.75, 3.05) is 26.2 Å². The first kappa shape index (κ1) is 18.5. The number of fused-ring (bicyclic) bond motifs is 1. The molecule has 0 spiro atoms. The van der Waals surface area contributed by atoms with Crippen LogP contribution >= 0.6 is 0 Å². The Morgan fingerprint density at radius 2 is 1.79 bits per heavy atom. The van der Waals surface area contributed by atoms with Gasteiger partial charge in [0.05, 0.1) is 18.7 Å². The number of carbonyl (C=O) groups excluding carboxylic acids is 2. The number of aliphatic imine (C=N–C) groups is 1. The zero-order chi connectivity index (χ0) is 19.8. The molecule has 0 amide bonds. The molecule has 1 fully saturated rings. The van der Waals surface area contributed by atoms with Crippen molar-refractivity contribution < 1.29 is 27.2 Å². The largest absolute Gasteiger partial charge is 0.432 e. The van der Waals surface area contributed by atoms with Gasteiger partial charge in [0, 0.05) is 12.1 Å². The minimum atomic E-state index is -1.63. The molecule has 1 aliphatic carbocycles. The van der Waals surface area contributed by atoms with Crippen LogP contribution in [0.3, 0.4) is 0 Å². The Morgan fingerprint density at radius 3 is 2.46 bits per heavy atom. The smallest absolute Gasteiger partial charge is 0.244 e. The summed E-state index contributed by atoms with van der Waals surface area (Å²) in [6.45, 7) is 3.09. The predicted molar refractivity (Wildman–Crippen MR) is 93.1 cm³/mol. The zero-order valence-corrected chi connectivity index (χ0v) is 14.8. The average Bonchev–Trinajstić information content (AvgIpc) is 3.33. The Morgan fingerprint density at radius 1 is 1.11 bits per heavy atom. The normalized spacial score (nSPS) is 18.9. The minimum Gasteiger partial charge on any atom is -0.432 e. The first-order valence-corrected chi connectivity index (χ1v) is 8.93. The number of aromatic nitrogens is 1. The van der Waals surface area contributed by atoms with E-state index >= 15 is 0 Å². The number of halogens is 3. The third-order valence-electron chi connectivity index (χ3n) is 4.84. The van der Waals surface area contributed by atoms with Gasteiger partial charge in [-0.2, -0.15) is 0 Å². The van der Waals surface area contributed by atoms with Crippen LogP contribution in [-0.2, 0) is 0 Å². The van der Waals surface area contributed by atoms with E-state index in [9.17, 15) is 22.8 Å². The summed E-state index contributed by atoms with van der Waals surface area (Å²) < 4.78 is 45.3. The van der Waals surface area contributed by atoms with Crippen molar-refractivity contribution in [2.45, 2.75) is 19.3 Å². The van der Waals surface area contributed by atoms with Crippen LogP contribution in [0.4, 0.5) is 13.2 Å². The Balaban J connectivity index is 1.59. The first-order valence-electron chi connectivity index (χ1n) is 8.93. The lowest BCUT2D eigenvalue weighted by Crippen LogP contribution is -2.28. The van der Waals surface area contributed by atoms with E-state index < -0.39 is 29.0 Å². The Bertz CT molecular complexity index is 971. The number of benzene rings is 1. The highest BCUT2D eigenvalue weighted by Gasteiger charge is 2.35. The molecule has 2 aliphatic rings. The van der Waals surface area contributed by atoms with E-state index in [1.54, 1.807) is 0 Å². The van der Waals surface area contributed by atoms with Gasteiger partial charge in [0.15, 0.2) is 28.9 Å². The van der Waals surface area contributed by atoms with E-state index in [1.807, 2.05) is 0 Å². The first-order chi connectivity index (χ1) is 13.4. The monoisotopic (exact) mass is 391 g/mol. The minimum absolute atomic E-state index is 0.0795. The number of hydrogen-bond donors (Lipinski definition) is 0. The molecule has 28 heavy (non-hydrogen) atoms. The molecule has 1 aromatic carbocycles. The summed E-state index contributed by atoms with van der Waals surface area (Å²) in [7, 11) is 0. The van der Waals surface area contributed by atoms with Crippen molar-refractivity contribution in [1.82, 2.24) is 9.88 Å². The number of likely N-dealkylation sites (tertiary alicyclic amines) is 1. The molecule has 1 aliphatic heterocycles. The molecule has 6 nitrogen and oxygen atoms in total. The van der Waals surface area contributed by atoms with E-state index in [4.69, 9.17) is 4.42 Å². The predicted octanol–water partition coefficient (Wildman–Crippen LogP) is 3.06. The van der Waals surface area contributed by atoms with E-state index in [1.165, 1.54) is 0 Å². The van der Waals surface area contributed by atoms with Crippen LogP contribution in [0.15, 0.2) is 21.5 Å². The fourth-order valence-electron chi connectivity index (χ4n) is 3.37. The van der Waals surface area contributed by atoms with Gasteiger partial charge in [-0.05, 0) is 38.1 Å². The second-order valence-corrected chi connectivity index (χ2v) is 6.76. The Labute approximate surface area is 158 Å². The van der Waals surface area contributed by atoms with Crippen molar-refractivity contribution in [3.05, 3.63) is 41.0 Å². The van der Waals surface area contributed by atoms with E-state index in [2.05, 4.69) is 14.9 Å². The molecule has 0 saturated carbocycles. The third-order valence-corrected chi connectivity index (χ3v) is 4.84. The number of nitrogens with zero attached hydrogens (tertiary/aromatic N) is 3. The molecule has 0 unspecified atom stereocenters. The van der Waals surface area contributed by atoms with Crippen molar-refractivity contribution in [3.8, 4) is 11.5 Å². The molecule has 1 aromatic heterocycles. The van der Waals surface area contributed by atoms with Crippen LogP contribution in [0.5, 0.6) is 0 Å². The number of ketones is 2. The van der Waals surface area contributed by atoms with Crippen LogP contribution < -0.4 is 0 Å². The standard InChI is InChI=1S/C19H16F3N3O3/c20-11-7-10(8-12(21)15(11)22)19-24-16-14(26)9-13(17(27)18(16)28-19)23-3-6-25-4-1-2-5-25/h7-8H,1-6,9H2. The van der Waals surface area contributed by atoms with Crippen LogP contribution in [0, 0.1) is 17.5 Å². The molecule has 2 aromatic rings. The topological polar surface area (TPSA) is 75.8 Å². The summed E-state index contributed by atoms with van der Waals surface area (Å²) in [5.74, 6) is -6.15. The van der Waals surface area contributed by atoms with Gasteiger partial charge in [-0.3, -0.25) is 14.6 Å². The van der Waals surface area contributed by atoms with Crippen LogP contribution in [0.1, 0.15) is 40.3 Å². The van der Waals surface area contributed by atoms with E-state index in [0.717, 1.165) is 25.9 Å². The summed E-state index contributed by atoms with van der Waals surface area (Å²) in [6, 6.07) is 1.38. The molecule has 9 heteroatoms. The van der Waals surface area contributed by atoms with Crippen molar-refractivity contribution >= 4 is 17.3 Å².